The molecule has 0 radical (unpaired) electrons. The minimum Gasteiger partial charge on any atom is -0.383 e. The third-order valence-electron chi connectivity index (χ3n) is 3.35. The lowest BCUT2D eigenvalue weighted by Gasteiger charge is -2.13. The maximum atomic E-state index is 5.05. The van der Waals surface area contributed by atoms with Crippen molar-refractivity contribution in [3.63, 3.8) is 0 Å². The van der Waals surface area contributed by atoms with Crippen molar-refractivity contribution < 1.29 is 4.74 Å². The highest BCUT2D eigenvalue weighted by molar-refractivity contribution is 5.33. The van der Waals surface area contributed by atoms with E-state index in [-0.39, 0.29) is 0 Å². The SMILES string of the molecule is COCCNCc1cnn(-c2cc(C)ccn2)c1C(C)C. The number of hydrogen-bond donors (Lipinski definition) is 1. The maximum Gasteiger partial charge on any atom is 0.153 e. The number of rotatable bonds is 7. The van der Waals surface area contributed by atoms with Crippen molar-refractivity contribution >= 4 is 0 Å². The van der Waals surface area contributed by atoms with Crippen LogP contribution in [0.1, 0.15) is 36.6 Å². The quantitative estimate of drug-likeness (QED) is 0.795. The predicted octanol–water partition coefficient (Wildman–Crippen LogP) is 2.44. The van der Waals surface area contributed by atoms with Gasteiger partial charge in [0.2, 0.25) is 0 Å². The smallest absolute Gasteiger partial charge is 0.153 e. The Hall–Kier alpha value is -1.72. The number of aryl methyl sites for hydroxylation is 1. The standard InChI is InChI=1S/C16H24N4O/c1-12(2)16-14(10-17-7-8-21-4)11-19-20(16)15-9-13(3)5-6-18-15/h5-6,9,11-12,17H,7-8,10H2,1-4H3. The van der Waals surface area contributed by atoms with Crippen LogP contribution in [0.3, 0.4) is 0 Å². The van der Waals surface area contributed by atoms with Crippen LogP contribution in [0.25, 0.3) is 5.82 Å². The van der Waals surface area contributed by atoms with Crippen LogP contribution in [-0.2, 0) is 11.3 Å². The summed E-state index contributed by atoms with van der Waals surface area (Å²) in [7, 11) is 1.71. The average Bonchev–Trinajstić information content (AvgIpc) is 2.87. The summed E-state index contributed by atoms with van der Waals surface area (Å²) in [5.74, 6) is 1.26. The molecule has 0 fully saturated rings. The first-order valence-electron chi connectivity index (χ1n) is 7.33. The van der Waals surface area contributed by atoms with E-state index in [1.54, 1.807) is 7.11 Å². The van der Waals surface area contributed by atoms with Crippen molar-refractivity contribution in [2.45, 2.75) is 33.2 Å². The molecule has 5 nitrogen and oxygen atoms in total. The molecule has 1 N–H and O–H groups in total. The van der Waals surface area contributed by atoms with Crippen molar-refractivity contribution in [2.24, 2.45) is 0 Å². The highest BCUT2D eigenvalue weighted by atomic mass is 16.5. The maximum absolute atomic E-state index is 5.05. The summed E-state index contributed by atoms with van der Waals surface area (Å²) in [4.78, 5) is 4.44. The second kappa shape index (κ2) is 7.33. The third-order valence-corrected chi connectivity index (χ3v) is 3.35. The van der Waals surface area contributed by atoms with E-state index in [0.29, 0.717) is 12.5 Å². The van der Waals surface area contributed by atoms with E-state index >= 15 is 0 Å². The topological polar surface area (TPSA) is 52.0 Å². The Morgan fingerprint density at radius 3 is 2.86 bits per heavy atom. The van der Waals surface area contributed by atoms with E-state index < -0.39 is 0 Å². The summed E-state index contributed by atoms with van der Waals surface area (Å²) >= 11 is 0. The van der Waals surface area contributed by atoms with Gasteiger partial charge in [-0.2, -0.15) is 5.10 Å². The number of ether oxygens (including phenoxy) is 1. The molecule has 2 aromatic heterocycles. The van der Waals surface area contributed by atoms with Gasteiger partial charge in [-0.1, -0.05) is 13.8 Å². The number of pyridine rings is 1. The number of hydrogen-bond acceptors (Lipinski definition) is 4. The molecule has 21 heavy (non-hydrogen) atoms. The average molecular weight is 288 g/mol. The minimum atomic E-state index is 0.383. The Morgan fingerprint density at radius 2 is 2.19 bits per heavy atom. The molecule has 2 heterocycles. The van der Waals surface area contributed by atoms with E-state index in [1.807, 2.05) is 23.1 Å². The Kier molecular flexibility index (Phi) is 5.47. The zero-order chi connectivity index (χ0) is 15.2. The Morgan fingerprint density at radius 1 is 1.38 bits per heavy atom. The minimum absolute atomic E-state index is 0.383. The number of nitrogens with zero attached hydrogens (tertiary/aromatic N) is 3. The first-order chi connectivity index (χ1) is 10.1. The lowest BCUT2D eigenvalue weighted by molar-refractivity contribution is 0.199. The van der Waals surface area contributed by atoms with Crippen molar-refractivity contribution in [1.82, 2.24) is 20.1 Å². The van der Waals surface area contributed by atoms with Crippen LogP contribution in [0.15, 0.2) is 24.5 Å². The molecule has 0 atom stereocenters. The Labute approximate surface area is 126 Å². The van der Waals surface area contributed by atoms with Crippen molar-refractivity contribution in [3.05, 3.63) is 41.3 Å². The molecule has 0 aliphatic heterocycles. The largest absolute Gasteiger partial charge is 0.383 e. The van der Waals surface area contributed by atoms with Crippen LogP contribution in [-0.4, -0.2) is 35.0 Å². The van der Waals surface area contributed by atoms with Gasteiger partial charge in [0, 0.05) is 32.0 Å². The van der Waals surface area contributed by atoms with Gasteiger partial charge in [-0.15, -0.1) is 0 Å². The van der Waals surface area contributed by atoms with Crippen LogP contribution >= 0.6 is 0 Å². The molecule has 0 amide bonds. The zero-order valence-electron chi connectivity index (χ0n) is 13.3. The molecule has 2 rings (SSSR count). The summed E-state index contributed by atoms with van der Waals surface area (Å²) in [6.45, 7) is 8.77. The van der Waals surface area contributed by atoms with Gasteiger partial charge in [0.1, 0.15) is 0 Å². The second-order valence-electron chi connectivity index (χ2n) is 5.48. The molecule has 0 aliphatic rings. The van der Waals surface area contributed by atoms with Crippen LogP contribution in [0.4, 0.5) is 0 Å². The van der Waals surface area contributed by atoms with Gasteiger partial charge in [0.15, 0.2) is 5.82 Å². The monoisotopic (exact) mass is 288 g/mol. The molecule has 0 unspecified atom stereocenters. The molecule has 0 aromatic carbocycles. The fraction of sp³-hybridized carbons (Fsp3) is 0.500. The van der Waals surface area contributed by atoms with Crippen LogP contribution < -0.4 is 5.32 Å². The van der Waals surface area contributed by atoms with E-state index in [1.165, 1.54) is 16.8 Å². The normalized spacial score (nSPS) is 11.3. The first kappa shape index (κ1) is 15.7. The molecule has 0 saturated heterocycles. The van der Waals surface area contributed by atoms with E-state index in [0.717, 1.165) is 18.9 Å². The predicted molar refractivity (Wildman–Crippen MR) is 83.8 cm³/mol. The second-order valence-corrected chi connectivity index (χ2v) is 5.48. The van der Waals surface area contributed by atoms with Crippen LogP contribution in [0.2, 0.25) is 0 Å². The molecule has 0 spiro atoms. The molecule has 2 aromatic rings. The van der Waals surface area contributed by atoms with Gasteiger partial charge >= 0.3 is 0 Å². The lowest BCUT2D eigenvalue weighted by atomic mass is 10.1. The summed E-state index contributed by atoms with van der Waals surface area (Å²) in [5, 5.41) is 7.91. The van der Waals surface area contributed by atoms with Crippen LogP contribution in [0, 0.1) is 6.92 Å². The summed E-state index contributed by atoms with van der Waals surface area (Å²) < 4.78 is 7.00. The number of nitrogens with one attached hydrogen (secondary N) is 1. The number of methoxy groups -OCH3 is 1. The van der Waals surface area contributed by atoms with Gasteiger partial charge in [0.05, 0.1) is 18.5 Å². The Balaban J connectivity index is 2.24. The zero-order valence-corrected chi connectivity index (χ0v) is 13.3. The highest BCUT2D eigenvalue weighted by Crippen LogP contribution is 2.22. The molecule has 5 heteroatoms. The summed E-state index contributed by atoms with van der Waals surface area (Å²) in [6.07, 6.45) is 3.76. The molecule has 0 aliphatic carbocycles. The first-order valence-corrected chi connectivity index (χ1v) is 7.33. The van der Waals surface area contributed by atoms with Gasteiger partial charge in [0.25, 0.3) is 0 Å². The molecular formula is C16H24N4O. The fourth-order valence-corrected chi connectivity index (χ4v) is 2.36. The lowest BCUT2D eigenvalue weighted by Crippen LogP contribution is -2.19. The Bertz CT molecular complexity index is 577. The third kappa shape index (κ3) is 3.89. The van der Waals surface area contributed by atoms with Gasteiger partial charge < -0.3 is 10.1 Å². The van der Waals surface area contributed by atoms with Crippen LogP contribution in [0.5, 0.6) is 0 Å². The molecule has 0 bridgehead atoms. The van der Waals surface area contributed by atoms with Gasteiger partial charge in [-0.25, -0.2) is 9.67 Å². The highest BCUT2D eigenvalue weighted by Gasteiger charge is 2.15. The van der Waals surface area contributed by atoms with E-state index in [9.17, 15) is 0 Å². The van der Waals surface area contributed by atoms with E-state index in [2.05, 4.69) is 42.2 Å². The van der Waals surface area contributed by atoms with Crippen molar-refractivity contribution in [1.29, 1.82) is 0 Å². The summed E-state index contributed by atoms with van der Waals surface area (Å²) in [6, 6.07) is 4.05. The van der Waals surface area contributed by atoms with Gasteiger partial charge in [-0.05, 0) is 30.5 Å². The van der Waals surface area contributed by atoms with Gasteiger partial charge in [-0.3, -0.25) is 0 Å². The number of aromatic nitrogens is 3. The molecule has 114 valence electrons. The molecular weight excluding hydrogens is 264 g/mol. The van der Waals surface area contributed by atoms with Crippen molar-refractivity contribution in [3.8, 4) is 5.82 Å². The fourth-order valence-electron chi connectivity index (χ4n) is 2.36. The molecule has 0 saturated carbocycles. The van der Waals surface area contributed by atoms with E-state index in [4.69, 9.17) is 4.74 Å². The summed E-state index contributed by atoms with van der Waals surface area (Å²) in [5.41, 5.74) is 3.60. The van der Waals surface area contributed by atoms with Crippen molar-refractivity contribution in [2.75, 3.05) is 20.3 Å².